The number of aliphatic hydroxyl groups excluding tert-OH is 1. The van der Waals surface area contributed by atoms with E-state index in [0.717, 1.165) is 45.6 Å². The number of halogens is 1. The van der Waals surface area contributed by atoms with Gasteiger partial charge in [0.2, 0.25) is 7.38 Å². The van der Waals surface area contributed by atoms with Crippen LogP contribution in [0.2, 0.25) is 10.1 Å². The first-order valence-corrected chi connectivity index (χ1v) is 23.9. The summed E-state index contributed by atoms with van der Waals surface area (Å²) in [5, 5.41) is 20.8. The summed E-state index contributed by atoms with van der Waals surface area (Å²) < 4.78 is 7.02. The van der Waals surface area contributed by atoms with Crippen LogP contribution in [-0.4, -0.2) is 60.2 Å². The topological polar surface area (TPSA) is 53.5 Å². The number of rotatable bonds is 8. The molecule has 4 aromatic carbocycles. The first-order chi connectivity index (χ1) is 24.4. The van der Waals surface area contributed by atoms with Crippen molar-refractivity contribution in [3.8, 4) is 0 Å². The van der Waals surface area contributed by atoms with Crippen molar-refractivity contribution in [2.24, 2.45) is 11.8 Å². The van der Waals surface area contributed by atoms with Crippen molar-refractivity contribution in [2.75, 3.05) is 39.4 Å². The van der Waals surface area contributed by atoms with Crippen LogP contribution in [0.4, 0.5) is 0 Å². The Labute approximate surface area is 316 Å². The molecule has 0 aliphatic carbocycles. The van der Waals surface area contributed by atoms with Gasteiger partial charge in [0, 0.05) is 13.2 Å². The number of benzene rings is 4. The first-order valence-electron chi connectivity index (χ1n) is 19.0. The van der Waals surface area contributed by atoms with Gasteiger partial charge in [-0.2, -0.15) is 11.1 Å². The van der Waals surface area contributed by atoms with Crippen molar-refractivity contribution in [1.82, 2.24) is 10.6 Å². The Kier molecular flexibility index (Phi) is 15.8. The standard InChI is InChI=1S/C22H31NOSi.C16H19ClSi.C6H13NO/c1-22(2,3)25(20-10-6-4-7-11-20,21-12-8-5-9-13-21)24-18-19-14-16-23-17-15-19;1-16(2,3)18(17,14-10-6-4-7-11-14)15-12-8-5-9-13-15;8-5-6-1-3-7-4-2-6/h4-13,19,23H,14-18H2,1-3H3;4-13H,1-3H3;6-8H,1-5H2. The SMILES string of the molecule is CC(C)(C)[Si](Cl)(c1ccccc1)c1ccccc1.CC(C)(C)[Si](OCC1CCNCC1)(c1ccccc1)c1ccccc1.OCC1CCNCC1. The second-order valence-corrected chi connectivity index (χ2v) is 26.2. The second-order valence-electron chi connectivity index (χ2n) is 16.2. The molecule has 7 heteroatoms. The van der Waals surface area contributed by atoms with Crippen LogP contribution in [-0.2, 0) is 4.43 Å². The lowest BCUT2D eigenvalue weighted by Crippen LogP contribution is -2.67. The maximum atomic E-state index is 8.66. The van der Waals surface area contributed by atoms with E-state index in [1.807, 2.05) is 12.1 Å². The molecule has 3 N–H and O–H groups in total. The molecule has 0 atom stereocenters. The van der Waals surface area contributed by atoms with E-state index in [1.165, 1.54) is 33.6 Å². The van der Waals surface area contributed by atoms with Crippen LogP contribution >= 0.6 is 11.1 Å². The van der Waals surface area contributed by atoms with E-state index in [0.29, 0.717) is 18.4 Å². The van der Waals surface area contributed by atoms with Crippen LogP contribution in [0.15, 0.2) is 121 Å². The van der Waals surface area contributed by atoms with Gasteiger partial charge in [-0.25, -0.2) is 0 Å². The monoisotopic (exact) mass is 742 g/mol. The molecule has 0 amide bonds. The first kappa shape index (κ1) is 41.2. The molecular weight excluding hydrogens is 680 g/mol. The Bertz CT molecular complexity index is 1440. The molecule has 2 aliphatic rings. The third kappa shape index (κ3) is 10.8. The van der Waals surface area contributed by atoms with Crippen LogP contribution in [0.5, 0.6) is 0 Å². The average molecular weight is 744 g/mol. The number of piperidine rings is 2. The molecule has 2 fully saturated rings. The Morgan fingerprint density at radius 3 is 1.18 bits per heavy atom. The summed E-state index contributed by atoms with van der Waals surface area (Å²) in [4.78, 5) is 0. The molecule has 6 rings (SSSR count). The fourth-order valence-corrected chi connectivity index (χ4v) is 16.3. The molecule has 4 aromatic rings. The van der Waals surface area contributed by atoms with E-state index >= 15 is 0 Å². The smallest absolute Gasteiger partial charge is 0.261 e. The van der Waals surface area contributed by atoms with Gasteiger partial charge < -0.3 is 20.2 Å². The molecule has 4 nitrogen and oxygen atoms in total. The maximum Gasteiger partial charge on any atom is 0.261 e. The number of nitrogens with one attached hydrogen (secondary N) is 2. The number of aliphatic hydroxyl groups is 1. The third-order valence-electron chi connectivity index (χ3n) is 10.5. The van der Waals surface area contributed by atoms with Crippen molar-refractivity contribution >= 4 is 47.5 Å². The van der Waals surface area contributed by atoms with Gasteiger partial charge >= 0.3 is 0 Å². The predicted molar refractivity (Wildman–Crippen MR) is 225 cm³/mol. The highest BCUT2D eigenvalue weighted by Gasteiger charge is 2.50. The van der Waals surface area contributed by atoms with Crippen LogP contribution in [0, 0.1) is 11.8 Å². The van der Waals surface area contributed by atoms with E-state index in [2.05, 4.69) is 161 Å². The zero-order valence-electron chi connectivity index (χ0n) is 32.0. The van der Waals surface area contributed by atoms with E-state index in [-0.39, 0.29) is 10.1 Å². The predicted octanol–water partition coefficient (Wildman–Crippen LogP) is 7.33. The zero-order valence-corrected chi connectivity index (χ0v) is 34.8. The van der Waals surface area contributed by atoms with E-state index in [9.17, 15) is 0 Å². The highest BCUT2D eigenvalue weighted by molar-refractivity contribution is 7.35. The lowest BCUT2D eigenvalue weighted by atomic mass is 10.00. The Balaban J connectivity index is 0.000000194. The van der Waals surface area contributed by atoms with Crippen LogP contribution in [0.25, 0.3) is 0 Å². The van der Waals surface area contributed by atoms with Gasteiger partial charge in [0.1, 0.15) is 0 Å². The van der Waals surface area contributed by atoms with E-state index in [4.69, 9.17) is 20.6 Å². The number of hydrogen-bond donors (Lipinski definition) is 3. The molecule has 276 valence electrons. The second kappa shape index (κ2) is 19.5. The normalized spacial score (nSPS) is 16.3. The highest BCUT2D eigenvalue weighted by Crippen LogP contribution is 2.39. The minimum Gasteiger partial charge on any atom is -0.407 e. The lowest BCUT2D eigenvalue weighted by molar-refractivity contribution is 0.196. The van der Waals surface area contributed by atoms with Crippen LogP contribution < -0.4 is 31.4 Å². The highest BCUT2D eigenvalue weighted by atomic mass is 35.6. The summed E-state index contributed by atoms with van der Waals surface area (Å²) in [7, 11) is -4.58. The molecule has 0 aromatic heterocycles. The van der Waals surface area contributed by atoms with E-state index in [1.54, 1.807) is 0 Å². The molecule has 2 saturated heterocycles. The van der Waals surface area contributed by atoms with Gasteiger partial charge in [0.15, 0.2) is 0 Å². The zero-order chi connectivity index (χ0) is 36.8. The summed E-state index contributed by atoms with van der Waals surface area (Å²) in [5.74, 6) is 1.25. The fourth-order valence-electron chi connectivity index (χ4n) is 7.49. The van der Waals surface area contributed by atoms with E-state index < -0.39 is 15.7 Å². The molecule has 51 heavy (non-hydrogen) atoms. The third-order valence-corrected chi connectivity index (χ3v) is 22.8. The molecule has 2 heterocycles. The molecular formula is C44H63ClN2O2Si2. The van der Waals surface area contributed by atoms with Gasteiger partial charge in [-0.15, -0.1) is 0 Å². The van der Waals surface area contributed by atoms with Crippen molar-refractivity contribution < 1.29 is 9.53 Å². The van der Waals surface area contributed by atoms with Gasteiger partial charge in [0.25, 0.3) is 8.32 Å². The summed E-state index contributed by atoms with van der Waals surface area (Å²) >= 11 is 7.21. The summed E-state index contributed by atoms with van der Waals surface area (Å²) in [6, 6.07) is 42.9. The minimum atomic E-state index is -2.35. The molecule has 0 radical (unpaired) electrons. The molecule has 0 saturated carbocycles. The largest absolute Gasteiger partial charge is 0.407 e. The van der Waals surface area contributed by atoms with Gasteiger partial charge in [-0.05, 0) is 94.5 Å². The van der Waals surface area contributed by atoms with Crippen molar-refractivity contribution in [3.05, 3.63) is 121 Å². The summed E-state index contributed by atoms with van der Waals surface area (Å²) in [5.41, 5.74) is 0. The lowest BCUT2D eigenvalue weighted by Gasteiger charge is -2.44. The van der Waals surface area contributed by atoms with Crippen molar-refractivity contribution in [1.29, 1.82) is 0 Å². The quantitative estimate of drug-likeness (QED) is 0.131. The van der Waals surface area contributed by atoms with Gasteiger partial charge in [0.05, 0.1) is 0 Å². The van der Waals surface area contributed by atoms with Gasteiger partial charge in [-0.1, -0.05) is 163 Å². The fraction of sp³-hybridized carbons (Fsp3) is 0.455. The van der Waals surface area contributed by atoms with Crippen LogP contribution in [0.3, 0.4) is 0 Å². The Morgan fingerprint density at radius 2 is 0.882 bits per heavy atom. The molecule has 0 unspecified atom stereocenters. The van der Waals surface area contributed by atoms with Crippen molar-refractivity contribution in [3.63, 3.8) is 0 Å². The van der Waals surface area contributed by atoms with Crippen LogP contribution in [0.1, 0.15) is 67.2 Å². The van der Waals surface area contributed by atoms with Crippen molar-refractivity contribution in [2.45, 2.75) is 77.3 Å². The van der Waals surface area contributed by atoms with Gasteiger partial charge in [-0.3, -0.25) is 0 Å². The Morgan fingerprint density at radius 1 is 0.549 bits per heavy atom. The molecule has 0 spiro atoms. The maximum absolute atomic E-state index is 8.66. The number of hydrogen-bond acceptors (Lipinski definition) is 4. The molecule has 0 bridgehead atoms. The summed E-state index contributed by atoms with van der Waals surface area (Å²) in [6.45, 7) is 19.4. The summed E-state index contributed by atoms with van der Waals surface area (Å²) in [6.07, 6.45) is 4.74. The Hall–Kier alpha value is -2.56. The molecule has 2 aliphatic heterocycles. The average Bonchev–Trinajstić information content (AvgIpc) is 3.16. The minimum absolute atomic E-state index is 0.0667.